The highest BCUT2D eigenvalue weighted by molar-refractivity contribution is 5.96. The van der Waals surface area contributed by atoms with Gasteiger partial charge in [0.25, 0.3) is 0 Å². The third-order valence-electron chi connectivity index (χ3n) is 4.86. The van der Waals surface area contributed by atoms with E-state index >= 15 is 0 Å². The molecule has 1 heterocycles. The highest BCUT2D eigenvalue weighted by Gasteiger charge is 2.32. The van der Waals surface area contributed by atoms with Gasteiger partial charge in [0.2, 0.25) is 5.91 Å². The van der Waals surface area contributed by atoms with Gasteiger partial charge in [0.05, 0.1) is 16.9 Å². The molecule has 0 bridgehead atoms. The van der Waals surface area contributed by atoms with Crippen LogP contribution >= 0.6 is 0 Å². The van der Waals surface area contributed by atoms with Gasteiger partial charge >= 0.3 is 6.18 Å². The summed E-state index contributed by atoms with van der Waals surface area (Å²) in [6.45, 7) is 3.73. The fraction of sp³-hybridized carbons (Fsp3) is 0.350. The predicted octanol–water partition coefficient (Wildman–Crippen LogP) is 4.11. The van der Waals surface area contributed by atoms with Crippen LogP contribution in [-0.2, 0) is 17.5 Å². The molecule has 2 aromatic carbocycles. The second-order valence-electron chi connectivity index (χ2n) is 6.79. The van der Waals surface area contributed by atoms with Gasteiger partial charge in [-0.05, 0) is 42.8 Å². The van der Waals surface area contributed by atoms with Crippen molar-refractivity contribution in [2.24, 2.45) is 11.8 Å². The molecule has 4 nitrogen and oxygen atoms in total. The fourth-order valence-corrected chi connectivity index (χ4v) is 2.90. The Hall–Kier alpha value is -2.54. The number of carbonyl (C=O) groups excluding carboxylic acids is 1. The Balaban J connectivity index is 1.79. The highest BCUT2D eigenvalue weighted by Crippen LogP contribution is 2.34. The first-order chi connectivity index (χ1) is 12.8. The van der Waals surface area contributed by atoms with Gasteiger partial charge in [-0.2, -0.15) is 13.2 Å². The van der Waals surface area contributed by atoms with Crippen LogP contribution in [0.25, 0.3) is 0 Å². The van der Waals surface area contributed by atoms with Gasteiger partial charge in [0.1, 0.15) is 0 Å². The van der Waals surface area contributed by atoms with Gasteiger partial charge in [-0.3, -0.25) is 4.79 Å². The molecule has 1 fully saturated rings. The maximum atomic E-state index is 13.1. The number of benzene rings is 2. The Morgan fingerprint density at radius 2 is 1.85 bits per heavy atom. The Kier molecular flexibility index (Phi) is 5.70. The average molecular weight is 377 g/mol. The molecule has 1 aliphatic rings. The third kappa shape index (κ3) is 4.80. The predicted molar refractivity (Wildman–Crippen MR) is 99.4 cm³/mol. The van der Waals surface area contributed by atoms with Gasteiger partial charge in [-0.25, -0.2) is 0 Å². The minimum absolute atomic E-state index is 0.143. The summed E-state index contributed by atoms with van der Waals surface area (Å²) < 4.78 is 39.3. The van der Waals surface area contributed by atoms with Crippen LogP contribution in [0.5, 0.6) is 0 Å². The molecular weight excluding hydrogens is 355 g/mol. The van der Waals surface area contributed by atoms with Crippen LogP contribution in [0.15, 0.2) is 48.5 Å². The molecule has 0 saturated carbocycles. The Labute approximate surface area is 156 Å². The first-order valence-corrected chi connectivity index (χ1v) is 8.85. The van der Waals surface area contributed by atoms with Gasteiger partial charge in [0.15, 0.2) is 0 Å². The van der Waals surface area contributed by atoms with E-state index in [0.29, 0.717) is 12.2 Å². The van der Waals surface area contributed by atoms with E-state index in [1.54, 1.807) is 6.92 Å². The fourth-order valence-electron chi connectivity index (χ4n) is 2.90. The molecule has 1 atom stereocenters. The van der Waals surface area contributed by atoms with E-state index in [2.05, 4.69) is 16.0 Å². The maximum Gasteiger partial charge on any atom is 0.416 e. The van der Waals surface area contributed by atoms with Crippen LogP contribution in [-0.4, -0.2) is 19.0 Å². The molecular formula is C20H22F3N3O. The molecule has 0 radical (unpaired) electrons. The van der Waals surface area contributed by atoms with Crippen molar-refractivity contribution in [3.63, 3.8) is 0 Å². The molecule has 1 unspecified atom stereocenters. The summed E-state index contributed by atoms with van der Waals surface area (Å²) >= 11 is 0. The summed E-state index contributed by atoms with van der Waals surface area (Å²) in [5.41, 5.74) is 0.800. The van der Waals surface area contributed by atoms with E-state index in [0.717, 1.165) is 30.8 Å². The summed E-state index contributed by atoms with van der Waals surface area (Å²) in [5, 5.41) is 8.89. The lowest BCUT2D eigenvalue weighted by atomic mass is 9.88. The molecule has 1 aliphatic heterocycles. The van der Waals surface area contributed by atoms with Crippen molar-refractivity contribution in [3.05, 3.63) is 59.7 Å². The van der Waals surface area contributed by atoms with E-state index in [4.69, 9.17) is 0 Å². The smallest absolute Gasteiger partial charge is 0.379 e. The number of hydrogen-bond donors (Lipinski definition) is 3. The van der Waals surface area contributed by atoms with Gasteiger partial charge in [-0.1, -0.05) is 37.3 Å². The molecule has 7 heteroatoms. The molecule has 144 valence electrons. The number of amides is 1. The van der Waals surface area contributed by atoms with Crippen LogP contribution in [0, 0.1) is 11.8 Å². The second kappa shape index (κ2) is 8.00. The minimum atomic E-state index is -4.47. The lowest BCUT2D eigenvalue weighted by molar-refractivity contribution is -0.137. The molecule has 1 saturated heterocycles. The van der Waals surface area contributed by atoms with Crippen LogP contribution in [0.1, 0.15) is 18.1 Å². The van der Waals surface area contributed by atoms with Crippen LogP contribution in [0.4, 0.5) is 24.5 Å². The van der Waals surface area contributed by atoms with Gasteiger partial charge in [0, 0.05) is 12.5 Å². The van der Waals surface area contributed by atoms with Crippen LogP contribution in [0.2, 0.25) is 0 Å². The summed E-state index contributed by atoms with van der Waals surface area (Å²) in [6, 6.07) is 12.9. The monoisotopic (exact) mass is 377 g/mol. The Bertz CT molecular complexity index is 789. The van der Waals surface area contributed by atoms with Crippen molar-refractivity contribution in [1.82, 2.24) is 5.32 Å². The van der Waals surface area contributed by atoms with Crippen molar-refractivity contribution in [2.45, 2.75) is 19.6 Å². The number of rotatable bonds is 6. The number of carbonyl (C=O) groups is 1. The van der Waals surface area contributed by atoms with Gasteiger partial charge in [-0.15, -0.1) is 0 Å². The Morgan fingerprint density at radius 3 is 2.44 bits per heavy atom. The standard InChI is InChI=1S/C20H22F3N3O/c1-13(15-11-24-12-15)19(27)26-18-9-16(20(21,22)23)7-8-17(18)25-10-14-5-3-2-4-6-14/h2-9,13,15,24-25H,10-12H2,1H3,(H,26,27). The van der Waals surface area contributed by atoms with Crippen molar-refractivity contribution < 1.29 is 18.0 Å². The highest BCUT2D eigenvalue weighted by atomic mass is 19.4. The molecule has 3 N–H and O–H groups in total. The second-order valence-corrected chi connectivity index (χ2v) is 6.79. The first-order valence-electron chi connectivity index (χ1n) is 8.85. The summed E-state index contributed by atoms with van der Waals surface area (Å²) in [5.74, 6) is -0.345. The number of anilines is 2. The molecule has 27 heavy (non-hydrogen) atoms. The SMILES string of the molecule is CC(C(=O)Nc1cc(C(F)(F)F)ccc1NCc1ccccc1)C1CNC1. The van der Waals surface area contributed by atoms with Crippen molar-refractivity contribution >= 4 is 17.3 Å². The van der Waals surface area contributed by atoms with E-state index in [1.165, 1.54) is 6.07 Å². The lowest BCUT2D eigenvalue weighted by Gasteiger charge is -2.32. The van der Waals surface area contributed by atoms with Crippen molar-refractivity contribution in [2.75, 3.05) is 23.7 Å². The van der Waals surface area contributed by atoms with E-state index in [1.807, 2.05) is 30.3 Å². The molecule has 2 aromatic rings. The van der Waals surface area contributed by atoms with E-state index in [9.17, 15) is 18.0 Å². The number of alkyl halides is 3. The molecule has 1 amide bonds. The number of nitrogens with one attached hydrogen (secondary N) is 3. The normalized spacial score (nSPS) is 15.7. The average Bonchev–Trinajstić information content (AvgIpc) is 2.59. The quantitative estimate of drug-likeness (QED) is 0.710. The zero-order chi connectivity index (χ0) is 19.4. The van der Waals surface area contributed by atoms with Crippen molar-refractivity contribution in [3.8, 4) is 0 Å². The number of halogens is 3. The first kappa shape index (κ1) is 19.2. The van der Waals surface area contributed by atoms with Gasteiger partial charge < -0.3 is 16.0 Å². The van der Waals surface area contributed by atoms with Crippen LogP contribution in [0.3, 0.4) is 0 Å². The molecule has 0 aliphatic carbocycles. The van der Waals surface area contributed by atoms with E-state index < -0.39 is 11.7 Å². The minimum Gasteiger partial charge on any atom is -0.379 e. The lowest BCUT2D eigenvalue weighted by Crippen LogP contribution is -2.48. The molecule has 3 rings (SSSR count). The van der Waals surface area contributed by atoms with Crippen LogP contribution < -0.4 is 16.0 Å². The van der Waals surface area contributed by atoms with Crippen molar-refractivity contribution in [1.29, 1.82) is 0 Å². The number of hydrogen-bond acceptors (Lipinski definition) is 3. The van der Waals surface area contributed by atoms with E-state index in [-0.39, 0.29) is 23.4 Å². The molecule has 0 spiro atoms. The zero-order valence-corrected chi connectivity index (χ0v) is 14.9. The topological polar surface area (TPSA) is 53.2 Å². The summed E-state index contributed by atoms with van der Waals surface area (Å²) in [6.07, 6.45) is -4.47. The largest absolute Gasteiger partial charge is 0.416 e. The summed E-state index contributed by atoms with van der Waals surface area (Å²) in [4.78, 5) is 12.5. The third-order valence-corrected chi connectivity index (χ3v) is 4.86. The maximum absolute atomic E-state index is 13.1. The molecule has 0 aromatic heterocycles. The summed E-state index contributed by atoms with van der Waals surface area (Å²) in [7, 11) is 0. The zero-order valence-electron chi connectivity index (χ0n) is 14.9. The Morgan fingerprint density at radius 1 is 1.15 bits per heavy atom.